The van der Waals surface area contributed by atoms with E-state index in [4.69, 9.17) is 13.9 Å². The Bertz CT molecular complexity index is 960. The Morgan fingerprint density at radius 2 is 1.92 bits per heavy atom. The number of hydrogen-bond acceptors (Lipinski definition) is 5. The zero-order valence-corrected chi connectivity index (χ0v) is 13.5. The van der Waals surface area contributed by atoms with Gasteiger partial charge in [0.2, 0.25) is 0 Å². The van der Waals surface area contributed by atoms with Crippen LogP contribution in [0.15, 0.2) is 57.9 Å². The van der Waals surface area contributed by atoms with Crippen LogP contribution in [0.2, 0.25) is 0 Å². The third kappa shape index (κ3) is 3.68. The fourth-order valence-corrected chi connectivity index (χ4v) is 2.37. The number of halogens is 1. The normalized spacial score (nSPS) is 10.6. The van der Waals surface area contributed by atoms with E-state index < -0.39 is 5.97 Å². The molecule has 128 valence electrons. The van der Waals surface area contributed by atoms with Crippen molar-refractivity contribution in [3.05, 3.63) is 64.8 Å². The Morgan fingerprint density at radius 1 is 1.16 bits per heavy atom. The molecule has 0 aliphatic heterocycles. The molecule has 0 atom stereocenters. The minimum Gasteiger partial charge on any atom is -0.482 e. The number of carbonyl (C=O) groups is 1. The summed E-state index contributed by atoms with van der Waals surface area (Å²) in [5.74, 6) is -0.466. The van der Waals surface area contributed by atoms with Gasteiger partial charge < -0.3 is 13.9 Å². The smallest absolute Gasteiger partial charge is 0.344 e. The van der Waals surface area contributed by atoms with Crippen molar-refractivity contribution in [3.63, 3.8) is 0 Å². The molecule has 2 aromatic carbocycles. The number of benzene rings is 2. The lowest BCUT2D eigenvalue weighted by Crippen LogP contribution is -2.14. The first-order chi connectivity index (χ1) is 12.1. The fraction of sp³-hybridized carbons (Fsp3) is 0.158. The second-order valence-electron chi connectivity index (χ2n) is 5.24. The number of hydrogen-bond donors (Lipinski definition) is 0. The van der Waals surface area contributed by atoms with Crippen LogP contribution >= 0.6 is 0 Å². The summed E-state index contributed by atoms with van der Waals surface area (Å²) in [6, 6.07) is 10.3. The summed E-state index contributed by atoms with van der Waals surface area (Å²) in [4.78, 5) is 23.9. The van der Waals surface area contributed by atoms with Gasteiger partial charge in [-0.3, -0.25) is 4.79 Å². The molecule has 0 unspecified atom stereocenters. The van der Waals surface area contributed by atoms with E-state index in [0.29, 0.717) is 27.8 Å². The lowest BCUT2D eigenvalue weighted by molar-refractivity contribution is -0.145. The molecule has 0 fully saturated rings. The van der Waals surface area contributed by atoms with Crippen molar-refractivity contribution in [2.45, 2.75) is 6.92 Å². The van der Waals surface area contributed by atoms with Crippen LogP contribution in [0, 0.1) is 5.82 Å². The minimum atomic E-state index is -0.476. The van der Waals surface area contributed by atoms with Gasteiger partial charge in [0.1, 0.15) is 23.4 Å². The van der Waals surface area contributed by atoms with Crippen LogP contribution in [-0.2, 0) is 9.53 Å². The van der Waals surface area contributed by atoms with Crippen LogP contribution in [0.3, 0.4) is 0 Å². The molecule has 0 saturated carbocycles. The molecule has 1 aromatic heterocycles. The summed E-state index contributed by atoms with van der Waals surface area (Å²) in [5.41, 5.74) is 1.01. The van der Waals surface area contributed by atoms with Crippen molar-refractivity contribution in [1.82, 2.24) is 0 Å². The molecule has 3 aromatic rings. The predicted octanol–water partition coefficient (Wildman–Crippen LogP) is 3.54. The van der Waals surface area contributed by atoms with Gasteiger partial charge in [-0.05, 0) is 36.8 Å². The monoisotopic (exact) mass is 342 g/mol. The standard InChI is InChI=1S/C19H15FO5/c1-2-23-18(21)11-24-14-7-8-15-17(9-14)25-10-16(19(15)22)12-3-5-13(20)6-4-12/h3-10H,2,11H2,1H3. The Labute approximate surface area is 142 Å². The van der Waals surface area contributed by atoms with Crippen molar-refractivity contribution in [3.8, 4) is 16.9 Å². The van der Waals surface area contributed by atoms with Gasteiger partial charge in [0.05, 0.1) is 17.6 Å². The third-order valence-corrected chi connectivity index (χ3v) is 3.56. The summed E-state index contributed by atoms with van der Waals surface area (Å²) >= 11 is 0. The van der Waals surface area contributed by atoms with Gasteiger partial charge in [0.25, 0.3) is 0 Å². The minimum absolute atomic E-state index is 0.225. The molecule has 0 bridgehead atoms. The molecular weight excluding hydrogens is 327 g/mol. The van der Waals surface area contributed by atoms with E-state index in [1.807, 2.05) is 0 Å². The van der Waals surface area contributed by atoms with Gasteiger partial charge in [0, 0.05) is 6.07 Å². The lowest BCUT2D eigenvalue weighted by atomic mass is 10.1. The van der Waals surface area contributed by atoms with Crippen molar-refractivity contribution < 1.29 is 23.1 Å². The van der Waals surface area contributed by atoms with Gasteiger partial charge in [-0.15, -0.1) is 0 Å². The maximum Gasteiger partial charge on any atom is 0.344 e. The lowest BCUT2D eigenvalue weighted by Gasteiger charge is -2.07. The molecule has 0 N–H and O–H groups in total. The molecule has 0 saturated heterocycles. The molecule has 0 spiro atoms. The molecule has 0 amide bonds. The molecule has 25 heavy (non-hydrogen) atoms. The Balaban J connectivity index is 1.90. The number of rotatable bonds is 5. The van der Waals surface area contributed by atoms with Crippen LogP contribution in [0.25, 0.3) is 22.1 Å². The van der Waals surface area contributed by atoms with Crippen LogP contribution in [0.1, 0.15) is 6.92 Å². The number of fused-ring (bicyclic) bond motifs is 1. The largest absolute Gasteiger partial charge is 0.482 e. The van der Waals surface area contributed by atoms with Gasteiger partial charge in [0.15, 0.2) is 12.0 Å². The van der Waals surface area contributed by atoms with Crippen molar-refractivity contribution in [2.75, 3.05) is 13.2 Å². The van der Waals surface area contributed by atoms with E-state index >= 15 is 0 Å². The van der Waals surface area contributed by atoms with E-state index in [0.717, 1.165) is 0 Å². The predicted molar refractivity (Wildman–Crippen MR) is 90.0 cm³/mol. The molecule has 0 aliphatic rings. The van der Waals surface area contributed by atoms with Gasteiger partial charge >= 0.3 is 5.97 Å². The molecule has 6 heteroatoms. The maximum absolute atomic E-state index is 13.0. The van der Waals surface area contributed by atoms with Gasteiger partial charge in [-0.1, -0.05) is 12.1 Å². The highest BCUT2D eigenvalue weighted by Gasteiger charge is 2.11. The Morgan fingerprint density at radius 3 is 2.64 bits per heavy atom. The van der Waals surface area contributed by atoms with E-state index in [1.165, 1.54) is 36.6 Å². The molecular formula is C19H15FO5. The summed E-state index contributed by atoms with van der Waals surface area (Å²) in [6.07, 6.45) is 1.33. The first kappa shape index (κ1) is 16.7. The molecule has 0 radical (unpaired) electrons. The molecule has 3 rings (SSSR count). The van der Waals surface area contributed by atoms with Gasteiger partial charge in [-0.25, -0.2) is 9.18 Å². The zero-order chi connectivity index (χ0) is 17.8. The van der Waals surface area contributed by atoms with Crippen LogP contribution < -0.4 is 10.2 Å². The number of carbonyl (C=O) groups excluding carboxylic acids is 1. The first-order valence-electron chi connectivity index (χ1n) is 7.68. The van der Waals surface area contributed by atoms with Crippen LogP contribution in [0.4, 0.5) is 4.39 Å². The van der Waals surface area contributed by atoms with Crippen LogP contribution in [-0.4, -0.2) is 19.2 Å². The first-order valence-corrected chi connectivity index (χ1v) is 7.68. The average molecular weight is 342 g/mol. The number of esters is 1. The van der Waals surface area contributed by atoms with Crippen LogP contribution in [0.5, 0.6) is 5.75 Å². The fourth-order valence-electron chi connectivity index (χ4n) is 2.37. The average Bonchev–Trinajstić information content (AvgIpc) is 2.61. The second-order valence-corrected chi connectivity index (χ2v) is 5.24. The Kier molecular flexibility index (Phi) is 4.79. The highest BCUT2D eigenvalue weighted by atomic mass is 19.1. The van der Waals surface area contributed by atoms with Crippen molar-refractivity contribution >= 4 is 16.9 Å². The zero-order valence-electron chi connectivity index (χ0n) is 13.5. The van der Waals surface area contributed by atoms with Crippen molar-refractivity contribution in [2.24, 2.45) is 0 Å². The molecule has 5 nitrogen and oxygen atoms in total. The topological polar surface area (TPSA) is 65.7 Å². The van der Waals surface area contributed by atoms with E-state index in [1.54, 1.807) is 19.1 Å². The Hall–Kier alpha value is -3.15. The third-order valence-electron chi connectivity index (χ3n) is 3.56. The molecule has 1 heterocycles. The number of ether oxygens (including phenoxy) is 2. The summed E-state index contributed by atoms with van der Waals surface area (Å²) in [5, 5.41) is 0.366. The summed E-state index contributed by atoms with van der Waals surface area (Å²) in [7, 11) is 0. The highest BCUT2D eigenvalue weighted by molar-refractivity contribution is 5.82. The maximum atomic E-state index is 13.0. The van der Waals surface area contributed by atoms with E-state index in [9.17, 15) is 14.0 Å². The summed E-state index contributed by atoms with van der Waals surface area (Å²) < 4.78 is 28.6. The SMILES string of the molecule is CCOC(=O)COc1ccc2c(=O)c(-c3ccc(F)cc3)coc2c1. The summed E-state index contributed by atoms with van der Waals surface area (Å²) in [6.45, 7) is 1.76. The second kappa shape index (κ2) is 7.17. The molecule has 0 aliphatic carbocycles. The van der Waals surface area contributed by atoms with Crippen molar-refractivity contribution in [1.29, 1.82) is 0 Å². The van der Waals surface area contributed by atoms with E-state index in [-0.39, 0.29) is 24.5 Å². The van der Waals surface area contributed by atoms with E-state index in [2.05, 4.69) is 0 Å². The highest BCUT2D eigenvalue weighted by Crippen LogP contribution is 2.23. The van der Waals surface area contributed by atoms with Gasteiger partial charge in [-0.2, -0.15) is 0 Å². The quantitative estimate of drug-likeness (QED) is 0.664.